The van der Waals surface area contributed by atoms with E-state index in [1.807, 2.05) is 6.07 Å². The zero-order chi connectivity index (χ0) is 15.2. The van der Waals surface area contributed by atoms with Crippen molar-refractivity contribution in [1.29, 1.82) is 0 Å². The lowest BCUT2D eigenvalue weighted by atomic mass is 10.1. The third-order valence-corrected chi connectivity index (χ3v) is 4.15. The Morgan fingerprint density at radius 3 is 2.67 bits per heavy atom. The largest absolute Gasteiger partial charge is 0.481 e. The van der Waals surface area contributed by atoms with Gasteiger partial charge in [-0.1, -0.05) is 12.1 Å². The lowest BCUT2D eigenvalue weighted by Gasteiger charge is -2.38. The Morgan fingerprint density at radius 2 is 2.05 bits per heavy atom. The molecule has 1 aliphatic rings. The molecule has 5 heteroatoms. The van der Waals surface area contributed by atoms with Crippen LogP contribution in [0.3, 0.4) is 0 Å². The van der Waals surface area contributed by atoms with Crippen molar-refractivity contribution >= 4 is 5.97 Å². The molecule has 1 atom stereocenters. The van der Waals surface area contributed by atoms with Gasteiger partial charge >= 0.3 is 5.97 Å². The summed E-state index contributed by atoms with van der Waals surface area (Å²) in [6.45, 7) is 6.71. The van der Waals surface area contributed by atoms with Gasteiger partial charge in [-0.25, -0.2) is 4.39 Å². The minimum absolute atomic E-state index is 0.188. The van der Waals surface area contributed by atoms with Gasteiger partial charge in [0, 0.05) is 38.6 Å². The molecule has 4 nitrogen and oxygen atoms in total. The fraction of sp³-hybridized carbons (Fsp3) is 0.562. The van der Waals surface area contributed by atoms with Gasteiger partial charge in [-0.15, -0.1) is 0 Å². The third kappa shape index (κ3) is 4.79. The molecule has 1 saturated heterocycles. The molecule has 1 N–H and O–H groups in total. The molecule has 0 amide bonds. The number of carboxylic acid groups (broad SMARTS) is 1. The summed E-state index contributed by atoms with van der Waals surface area (Å²) in [5, 5.41) is 8.65. The summed E-state index contributed by atoms with van der Waals surface area (Å²) in [7, 11) is 0. The van der Waals surface area contributed by atoms with Gasteiger partial charge in [0.05, 0.1) is 0 Å². The van der Waals surface area contributed by atoms with Gasteiger partial charge in [-0.05, 0) is 37.6 Å². The van der Waals surface area contributed by atoms with Crippen molar-refractivity contribution in [3.05, 3.63) is 35.6 Å². The Balaban J connectivity index is 1.79. The molecular formula is C16H23FN2O2. The molecule has 2 rings (SSSR count). The van der Waals surface area contributed by atoms with E-state index in [2.05, 4.69) is 16.7 Å². The highest BCUT2D eigenvalue weighted by atomic mass is 19.1. The standard InChI is InChI=1S/C16H23FN2O2/c1-13(14-4-2-5-15(17)12-14)19-10-8-18(9-11-19)7-3-6-16(20)21/h2,4-5,12-13H,3,6-11H2,1H3,(H,20,21). The molecule has 1 heterocycles. The van der Waals surface area contributed by atoms with Crippen LogP contribution in [0.15, 0.2) is 24.3 Å². The van der Waals surface area contributed by atoms with Gasteiger partial charge in [0.2, 0.25) is 0 Å². The van der Waals surface area contributed by atoms with E-state index in [9.17, 15) is 9.18 Å². The van der Waals surface area contributed by atoms with Gasteiger partial charge in [-0.3, -0.25) is 9.69 Å². The van der Waals surface area contributed by atoms with E-state index < -0.39 is 5.97 Å². The molecule has 1 aromatic carbocycles. The maximum atomic E-state index is 13.3. The Kier molecular flexibility index (Phi) is 5.70. The van der Waals surface area contributed by atoms with Crippen LogP contribution in [0.5, 0.6) is 0 Å². The SMILES string of the molecule is CC(c1cccc(F)c1)N1CCN(CCCC(=O)O)CC1. The number of carboxylic acids is 1. The molecular weight excluding hydrogens is 271 g/mol. The molecule has 0 aliphatic carbocycles. The quantitative estimate of drug-likeness (QED) is 0.875. The predicted octanol–water partition coefficient (Wildman–Crippen LogP) is 2.37. The maximum Gasteiger partial charge on any atom is 0.303 e. The molecule has 1 aliphatic heterocycles. The van der Waals surface area contributed by atoms with Crippen molar-refractivity contribution in [2.24, 2.45) is 0 Å². The molecule has 1 aromatic rings. The molecule has 0 bridgehead atoms. The van der Waals surface area contributed by atoms with Gasteiger partial charge < -0.3 is 10.0 Å². The van der Waals surface area contributed by atoms with Crippen LogP contribution in [-0.2, 0) is 4.79 Å². The summed E-state index contributed by atoms with van der Waals surface area (Å²) < 4.78 is 13.3. The molecule has 116 valence electrons. The van der Waals surface area contributed by atoms with Crippen LogP contribution in [0.25, 0.3) is 0 Å². The molecule has 1 fully saturated rings. The lowest BCUT2D eigenvalue weighted by molar-refractivity contribution is -0.137. The maximum absolute atomic E-state index is 13.3. The number of hydrogen-bond donors (Lipinski definition) is 1. The number of nitrogens with zero attached hydrogens (tertiary/aromatic N) is 2. The first-order chi connectivity index (χ1) is 10.1. The van der Waals surface area contributed by atoms with Crippen molar-refractivity contribution in [1.82, 2.24) is 9.80 Å². The number of benzene rings is 1. The summed E-state index contributed by atoms with van der Waals surface area (Å²) in [4.78, 5) is 15.2. The fourth-order valence-electron chi connectivity index (χ4n) is 2.81. The van der Waals surface area contributed by atoms with Gasteiger partial charge in [0.15, 0.2) is 0 Å². The van der Waals surface area contributed by atoms with Crippen molar-refractivity contribution in [2.45, 2.75) is 25.8 Å². The molecule has 0 saturated carbocycles. The van der Waals surface area contributed by atoms with E-state index in [1.165, 1.54) is 6.07 Å². The summed E-state index contributed by atoms with van der Waals surface area (Å²) >= 11 is 0. The summed E-state index contributed by atoms with van der Waals surface area (Å²) in [5.41, 5.74) is 1.01. The van der Waals surface area contributed by atoms with Crippen LogP contribution < -0.4 is 0 Å². The van der Waals surface area contributed by atoms with Gasteiger partial charge in [0.1, 0.15) is 5.82 Å². The summed E-state index contributed by atoms with van der Waals surface area (Å²) in [6, 6.07) is 7.00. The Hall–Kier alpha value is -1.46. The first-order valence-electron chi connectivity index (χ1n) is 7.50. The zero-order valence-corrected chi connectivity index (χ0v) is 12.5. The van der Waals surface area contributed by atoms with Crippen LogP contribution in [0.2, 0.25) is 0 Å². The number of hydrogen-bond acceptors (Lipinski definition) is 3. The number of aliphatic carboxylic acids is 1. The van der Waals surface area contributed by atoms with Crippen LogP contribution in [-0.4, -0.2) is 53.6 Å². The van der Waals surface area contributed by atoms with Crippen LogP contribution in [0.4, 0.5) is 4.39 Å². The second-order valence-corrected chi connectivity index (χ2v) is 5.61. The van der Waals surface area contributed by atoms with Crippen LogP contribution in [0.1, 0.15) is 31.4 Å². The highest BCUT2D eigenvalue weighted by Gasteiger charge is 2.22. The molecule has 1 unspecified atom stereocenters. The van der Waals surface area contributed by atoms with Crippen molar-refractivity contribution < 1.29 is 14.3 Å². The third-order valence-electron chi connectivity index (χ3n) is 4.15. The molecule has 0 aromatic heterocycles. The van der Waals surface area contributed by atoms with E-state index in [0.717, 1.165) is 38.3 Å². The van der Waals surface area contributed by atoms with Crippen molar-refractivity contribution in [3.63, 3.8) is 0 Å². The average molecular weight is 294 g/mol. The molecule has 0 radical (unpaired) electrons. The second kappa shape index (κ2) is 7.52. The van der Waals surface area contributed by atoms with Gasteiger partial charge in [0.25, 0.3) is 0 Å². The van der Waals surface area contributed by atoms with Crippen molar-refractivity contribution in [3.8, 4) is 0 Å². The minimum atomic E-state index is -0.728. The number of halogens is 1. The van der Waals surface area contributed by atoms with Gasteiger partial charge in [-0.2, -0.15) is 0 Å². The normalized spacial score (nSPS) is 18.6. The molecule has 0 spiro atoms. The monoisotopic (exact) mass is 294 g/mol. The van der Waals surface area contributed by atoms with Crippen LogP contribution in [0, 0.1) is 5.82 Å². The number of rotatable bonds is 6. The number of piperazine rings is 1. The minimum Gasteiger partial charge on any atom is -0.481 e. The van der Waals surface area contributed by atoms with Crippen molar-refractivity contribution in [2.75, 3.05) is 32.7 Å². The van der Waals surface area contributed by atoms with E-state index in [0.29, 0.717) is 6.42 Å². The Morgan fingerprint density at radius 1 is 1.33 bits per heavy atom. The zero-order valence-electron chi connectivity index (χ0n) is 12.5. The Bertz CT molecular complexity index is 473. The highest BCUT2D eigenvalue weighted by Crippen LogP contribution is 2.22. The first kappa shape index (κ1) is 15.9. The predicted molar refractivity (Wildman–Crippen MR) is 79.7 cm³/mol. The fourth-order valence-corrected chi connectivity index (χ4v) is 2.81. The Labute approximate surface area is 125 Å². The first-order valence-corrected chi connectivity index (χ1v) is 7.50. The summed E-state index contributed by atoms with van der Waals surface area (Å²) in [6.07, 6.45) is 0.939. The topological polar surface area (TPSA) is 43.8 Å². The number of carbonyl (C=O) groups is 1. The average Bonchev–Trinajstić information content (AvgIpc) is 2.47. The van der Waals surface area contributed by atoms with E-state index >= 15 is 0 Å². The smallest absolute Gasteiger partial charge is 0.303 e. The van der Waals surface area contributed by atoms with E-state index in [-0.39, 0.29) is 18.3 Å². The van der Waals surface area contributed by atoms with Crippen LogP contribution >= 0.6 is 0 Å². The van der Waals surface area contributed by atoms with E-state index in [4.69, 9.17) is 5.11 Å². The summed E-state index contributed by atoms with van der Waals surface area (Å²) in [5.74, 6) is -0.917. The second-order valence-electron chi connectivity index (χ2n) is 5.61. The van der Waals surface area contributed by atoms with E-state index in [1.54, 1.807) is 12.1 Å². The lowest BCUT2D eigenvalue weighted by Crippen LogP contribution is -2.47. The highest BCUT2D eigenvalue weighted by molar-refractivity contribution is 5.66. The molecule has 21 heavy (non-hydrogen) atoms.